The molecule has 0 heterocycles. The van der Waals surface area contributed by atoms with Gasteiger partial charge in [-0.1, -0.05) is 60.6 Å². The Kier molecular flexibility index (Phi) is 6.12. The first-order chi connectivity index (χ1) is 12.8. The van der Waals surface area contributed by atoms with Crippen LogP contribution in [0.2, 0.25) is 0 Å². The van der Waals surface area contributed by atoms with Crippen molar-refractivity contribution >= 4 is 5.97 Å². The van der Waals surface area contributed by atoms with Crippen LogP contribution in [0.5, 0.6) is 17.2 Å². The Labute approximate surface area is 168 Å². The molecule has 0 aromatic heterocycles. The number of ether oxygens (including phenoxy) is 1. The van der Waals surface area contributed by atoms with E-state index in [1.165, 1.54) is 0 Å². The summed E-state index contributed by atoms with van der Waals surface area (Å²) in [6.07, 6.45) is 0.581. The van der Waals surface area contributed by atoms with Crippen molar-refractivity contribution in [1.29, 1.82) is 0 Å². The highest BCUT2D eigenvalue weighted by Gasteiger charge is 2.26. The first kappa shape index (κ1) is 21.8. The van der Waals surface area contributed by atoms with Gasteiger partial charge >= 0.3 is 5.97 Å². The van der Waals surface area contributed by atoms with Crippen molar-refractivity contribution in [3.63, 3.8) is 0 Å². The zero-order valence-electron chi connectivity index (χ0n) is 18.0. The number of hydrogen-bond donors (Lipinski definition) is 2. The molecule has 2 N–H and O–H groups in total. The van der Waals surface area contributed by atoms with Gasteiger partial charge in [0.25, 0.3) is 0 Å². The Balaban J connectivity index is 2.33. The van der Waals surface area contributed by atoms with E-state index in [0.29, 0.717) is 12.2 Å². The highest BCUT2D eigenvalue weighted by Crippen LogP contribution is 2.36. The van der Waals surface area contributed by atoms with E-state index in [4.69, 9.17) is 4.74 Å². The Morgan fingerprint density at radius 3 is 1.89 bits per heavy atom. The van der Waals surface area contributed by atoms with Crippen LogP contribution in [-0.2, 0) is 15.6 Å². The predicted molar refractivity (Wildman–Crippen MR) is 112 cm³/mol. The second-order valence-corrected chi connectivity index (χ2v) is 9.34. The lowest BCUT2D eigenvalue weighted by atomic mass is 9.83. The highest BCUT2D eigenvalue weighted by molar-refractivity contribution is 5.80. The first-order valence-corrected chi connectivity index (χ1v) is 9.73. The largest absolute Gasteiger partial charge is 0.508 e. The molecule has 152 valence electrons. The van der Waals surface area contributed by atoms with Crippen LogP contribution in [0.1, 0.15) is 77.5 Å². The minimum Gasteiger partial charge on any atom is -0.508 e. The summed E-state index contributed by atoms with van der Waals surface area (Å²) in [6.45, 7) is 14.0. The highest BCUT2D eigenvalue weighted by atomic mass is 16.5. The molecule has 0 saturated carbocycles. The number of hydrogen-bond acceptors (Lipinski definition) is 4. The number of rotatable bonds is 4. The van der Waals surface area contributed by atoms with Crippen LogP contribution in [0.3, 0.4) is 0 Å². The van der Waals surface area contributed by atoms with Gasteiger partial charge in [-0.15, -0.1) is 0 Å². The summed E-state index contributed by atoms with van der Waals surface area (Å²) in [7, 11) is 0. The molecule has 2 aromatic rings. The molecule has 2 rings (SSSR count). The molecule has 0 saturated heterocycles. The second kappa shape index (κ2) is 7.86. The average Bonchev–Trinajstić information content (AvgIpc) is 2.56. The van der Waals surface area contributed by atoms with Crippen LogP contribution in [-0.4, -0.2) is 16.2 Å². The number of esters is 1. The van der Waals surface area contributed by atoms with Gasteiger partial charge in [0.2, 0.25) is 0 Å². The zero-order valence-corrected chi connectivity index (χ0v) is 18.0. The Morgan fingerprint density at radius 2 is 1.39 bits per heavy atom. The number of aromatic hydroxyl groups is 2. The van der Waals surface area contributed by atoms with Gasteiger partial charge in [0.05, 0.1) is 5.92 Å². The molecule has 0 amide bonds. The van der Waals surface area contributed by atoms with Crippen LogP contribution in [0.4, 0.5) is 0 Å². The topological polar surface area (TPSA) is 66.8 Å². The van der Waals surface area contributed by atoms with Crippen LogP contribution in [0, 0.1) is 0 Å². The fraction of sp³-hybridized carbons (Fsp3) is 0.458. The van der Waals surface area contributed by atoms with Crippen molar-refractivity contribution < 1.29 is 19.7 Å². The maximum absolute atomic E-state index is 12.9. The molecule has 4 nitrogen and oxygen atoms in total. The molecule has 0 bridgehead atoms. The summed E-state index contributed by atoms with van der Waals surface area (Å²) < 4.78 is 5.66. The van der Waals surface area contributed by atoms with Gasteiger partial charge in [0, 0.05) is 5.56 Å². The van der Waals surface area contributed by atoms with Gasteiger partial charge in [-0.05, 0) is 52.6 Å². The van der Waals surface area contributed by atoms with Gasteiger partial charge in [-0.3, -0.25) is 4.79 Å². The molecule has 4 heteroatoms. The fourth-order valence-corrected chi connectivity index (χ4v) is 3.28. The fourth-order valence-electron chi connectivity index (χ4n) is 3.28. The van der Waals surface area contributed by atoms with Gasteiger partial charge in [-0.25, -0.2) is 0 Å². The predicted octanol–water partition coefficient (Wildman–Crippen LogP) is 5.79. The molecule has 1 unspecified atom stereocenters. The molecule has 0 aliphatic carbocycles. The average molecular weight is 385 g/mol. The maximum atomic E-state index is 12.9. The van der Waals surface area contributed by atoms with Crippen molar-refractivity contribution in [1.82, 2.24) is 0 Å². The standard InChI is InChI=1S/C24H32O4/c1-8-17(15-9-11-20(25)18(13-15)23(2,3)4)22(27)28-16-10-12-21(26)19(14-16)24(5,6)7/h9-14,17,25-26H,8H2,1-7H3. The first-order valence-electron chi connectivity index (χ1n) is 9.73. The number of phenols is 2. The lowest BCUT2D eigenvalue weighted by Crippen LogP contribution is -2.20. The van der Waals surface area contributed by atoms with E-state index < -0.39 is 5.92 Å². The van der Waals surface area contributed by atoms with Crippen LogP contribution < -0.4 is 4.74 Å². The van der Waals surface area contributed by atoms with Crippen molar-refractivity contribution in [2.75, 3.05) is 0 Å². The minimum atomic E-state index is -0.436. The SMILES string of the molecule is CCC(C(=O)Oc1ccc(O)c(C(C)(C)C)c1)c1ccc(O)c(C(C)(C)C)c1. The van der Waals surface area contributed by atoms with Gasteiger partial charge < -0.3 is 14.9 Å². The van der Waals surface area contributed by atoms with Crippen molar-refractivity contribution in [2.24, 2.45) is 0 Å². The number of benzene rings is 2. The summed E-state index contributed by atoms with van der Waals surface area (Å²) in [5.74, 6) is 0.0497. The quantitative estimate of drug-likeness (QED) is 0.517. The van der Waals surface area contributed by atoms with Crippen molar-refractivity contribution in [2.45, 2.75) is 71.6 Å². The molecule has 28 heavy (non-hydrogen) atoms. The molecule has 0 radical (unpaired) electrons. The van der Waals surface area contributed by atoms with E-state index in [2.05, 4.69) is 0 Å². The molecule has 2 aromatic carbocycles. The Morgan fingerprint density at radius 1 is 0.893 bits per heavy atom. The molecular formula is C24H32O4. The lowest BCUT2D eigenvalue weighted by molar-refractivity contribution is -0.136. The maximum Gasteiger partial charge on any atom is 0.318 e. The number of phenolic OH excluding ortho intramolecular Hbond substituents is 2. The van der Waals surface area contributed by atoms with Crippen LogP contribution in [0.15, 0.2) is 36.4 Å². The summed E-state index contributed by atoms with van der Waals surface area (Å²) in [4.78, 5) is 12.9. The lowest BCUT2D eigenvalue weighted by Gasteiger charge is -2.23. The molecule has 0 aliphatic rings. The summed E-state index contributed by atoms with van der Waals surface area (Å²) in [5.41, 5.74) is 1.85. The minimum absolute atomic E-state index is 0.188. The second-order valence-electron chi connectivity index (χ2n) is 9.34. The number of carbonyl (C=O) groups excluding carboxylic acids is 1. The monoisotopic (exact) mass is 384 g/mol. The normalized spacial score (nSPS) is 13.2. The molecule has 0 aliphatic heterocycles. The number of carbonyl (C=O) groups is 1. The van der Waals surface area contributed by atoms with E-state index in [0.717, 1.165) is 16.7 Å². The van der Waals surface area contributed by atoms with Crippen molar-refractivity contribution in [3.05, 3.63) is 53.1 Å². The smallest absolute Gasteiger partial charge is 0.318 e. The van der Waals surface area contributed by atoms with Gasteiger partial charge in [0.15, 0.2) is 0 Å². The van der Waals surface area contributed by atoms with Crippen LogP contribution in [0.25, 0.3) is 0 Å². The Hall–Kier alpha value is -2.49. The van der Waals surface area contributed by atoms with E-state index in [-0.39, 0.29) is 28.3 Å². The molecule has 1 atom stereocenters. The third-order valence-corrected chi connectivity index (χ3v) is 4.92. The summed E-state index contributed by atoms with van der Waals surface area (Å²) >= 11 is 0. The van der Waals surface area contributed by atoms with E-state index in [1.54, 1.807) is 30.3 Å². The van der Waals surface area contributed by atoms with Crippen molar-refractivity contribution in [3.8, 4) is 17.2 Å². The van der Waals surface area contributed by atoms with Gasteiger partial charge in [0.1, 0.15) is 17.2 Å². The molecular weight excluding hydrogens is 352 g/mol. The molecule has 0 fully saturated rings. The third-order valence-electron chi connectivity index (χ3n) is 4.92. The van der Waals surface area contributed by atoms with E-state index in [1.807, 2.05) is 54.5 Å². The summed E-state index contributed by atoms with van der Waals surface area (Å²) in [6, 6.07) is 10.2. The molecule has 0 spiro atoms. The van der Waals surface area contributed by atoms with E-state index in [9.17, 15) is 15.0 Å². The van der Waals surface area contributed by atoms with E-state index >= 15 is 0 Å². The Bertz CT molecular complexity index is 854. The third kappa shape index (κ3) is 4.86. The van der Waals surface area contributed by atoms with Gasteiger partial charge in [-0.2, -0.15) is 0 Å². The van der Waals surface area contributed by atoms with Crippen LogP contribution >= 0.6 is 0 Å². The summed E-state index contributed by atoms with van der Waals surface area (Å²) in [5, 5.41) is 20.3. The zero-order chi connectivity index (χ0) is 21.3.